The molecule has 0 saturated carbocycles. The molecule has 0 saturated heterocycles. The van der Waals surface area contributed by atoms with Crippen LogP contribution in [0.3, 0.4) is 0 Å². The summed E-state index contributed by atoms with van der Waals surface area (Å²) in [6.07, 6.45) is 0.742. The molecule has 0 fully saturated rings. The number of halogens is 4. The molecule has 0 aliphatic heterocycles. The van der Waals surface area contributed by atoms with Gasteiger partial charge in [0.15, 0.2) is 23.1 Å². The SMILES string of the molecule is C=CC(=O)Oc1ccc(-c2ccc(OC=O)c(F)c2F)c(F)c1F. The van der Waals surface area contributed by atoms with Crippen LogP contribution in [-0.2, 0) is 9.59 Å². The average molecular weight is 340 g/mol. The zero-order chi connectivity index (χ0) is 17.9. The van der Waals surface area contributed by atoms with Gasteiger partial charge in [0, 0.05) is 17.2 Å². The number of rotatable bonds is 5. The van der Waals surface area contributed by atoms with Gasteiger partial charge < -0.3 is 9.47 Å². The number of carbonyl (C=O) groups is 2. The van der Waals surface area contributed by atoms with Gasteiger partial charge in [0.1, 0.15) is 0 Å². The second-order valence-electron chi connectivity index (χ2n) is 4.32. The lowest BCUT2D eigenvalue weighted by Gasteiger charge is -2.10. The Balaban J connectivity index is 2.52. The largest absolute Gasteiger partial charge is 0.425 e. The Kier molecular flexibility index (Phi) is 4.98. The minimum atomic E-state index is -1.56. The van der Waals surface area contributed by atoms with E-state index in [0.717, 1.165) is 30.3 Å². The van der Waals surface area contributed by atoms with Crippen molar-refractivity contribution in [3.63, 3.8) is 0 Å². The minimum Gasteiger partial charge on any atom is -0.425 e. The molecule has 0 aliphatic carbocycles. The maximum atomic E-state index is 14.1. The van der Waals surface area contributed by atoms with Crippen molar-refractivity contribution in [3.8, 4) is 22.6 Å². The molecule has 2 aromatic carbocycles. The van der Waals surface area contributed by atoms with E-state index in [0.29, 0.717) is 0 Å². The third kappa shape index (κ3) is 3.12. The number of hydrogen-bond donors (Lipinski definition) is 0. The van der Waals surface area contributed by atoms with E-state index in [1.54, 1.807) is 0 Å². The Bertz CT molecular complexity index is 833. The van der Waals surface area contributed by atoms with E-state index in [1.807, 2.05) is 0 Å². The Morgan fingerprint density at radius 3 is 1.88 bits per heavy atom. The number of esters is 1. The molecule has 2 aromatic rings. The molecule has 2 rings (SSSR count). The highest BCUT2D eigenvalue weighted by molar-refractivity contribution is 5.83. The summed E-state index contributed by atoms with van der Waals surface area (Å²) < 4.78 is 64.4. The summed E-state index contributed by atoms with van der Waals surface area (Å²) in [5, 5.41) is 0. The van der Waals surface area contributed by atoms with Crippen LogP contribution in [0.4, 0.5) is 17.6 Å². The van der Waals surface area contributed by atoms with Gasteiger partial charge in [0.2, 0.25) is 11.6 Å². The second-order valence-corrected chi connectivity index (χ2v) is 4.32. The lowest BCUT2D eigenvalue weighted by atomic mass is 10.0. The highest BCUT2D eigenvalue weighted by Crippen LogP contribution is 2.34. The van der Waals surface area contributed by atoms with Crippen molar-refractivity contribution in [1.29, 1.82) is 0 Å². The molecule has 24 heavy (non-hydrogen) atoms. The van der Waals surface area contributed by atoms with E-state index in [-0.39, 0.29) is 6.47 Å². The van der Waals surface area contributed by atoms with Crippen LogP contribution in [0.15, 0.2) is 36.9 Å². The van der Waals surface area contributed by atoms with Crippen molar-refractivity contribution >= 4 is 12.4 Å². The fourth-order valence-electron chi connectivity index (χ4n) is 1.85. The summed E-state index contributed by atoms with van der Waals surface area (Å²) in [6, 6.07) is 3.57. The zero-order valence-electron chi connectivity index (χ0n) is 11.8. The molecule has 0 heterocycles. The maximum absolute atomic E-state index is 14.1. The molecule has 0 spiro atoms. The topological polar surface area (TPSA) is 52.6 Å². The van der Waals surface area contributed by atoms with Crippen molar-refractivity contribution < 1.29 is 36.6 Å². The van der Waals surface area contributed by atoms with Crippen LogP contribution in [-0.4, -0.2) is 12.4 Å². The predicted octanol–water partition coefficient (Wildman–Crippen LogP) is 3.54. The predicted molar refractivity (Wildman–Crippen MR) is 74.2 cm³/mol. The van der Waals surface area contributed by atoms with Crippen LogP contribution in [0.1, 0.15) is 0 Å². The van der Waals surface area contributed by atoms with Crippen LogP contribution < -0.4 is 9.47 Å². The molecule has 0 N–H and O–H groups in total. The lowest BCUT2D eigenvalue weighted by Crippen LogP contribution is -2.06. The molecular formula is C16H8F4O4. The molecule has 0 unspecified atom stereocenters. The Hall–Kier alpha value is -3.16. The molecule has 124 valence electrons. The van der Waals surface area contributed by atoms with Crippen LogP contribution in [0, 0.1) is 23.3 Å². The number of hydrogen-bond acceptors (Lipinski definition) is 4. The Morgan fingerprint density at radius 2 is 1.38 bits per heavy atom. The highest BCUT2D eigenvalue weighted by Gasteiger charge is 2.22. The highest BCUT2D eigenvalue weighted by atomic mass is 19.2. The molecule has 0 radical (unpaired) electrons. The normalized spacial score (nSPS) is 10.2. The van der Waals surface area contributed by atoms with Crippen molar-refractivity contribution in [2.75, 3.05) is 0 Å². The smallest absolute Gasteiger partial charge is 0.335 e. The van der Waals surface area contributed by atoms with Gasteiger partial charge in [-0.1, -0.05) is 6.58 Å². The van der Waals surface area contributed by atoms with Crippen molar-refractivity contribution in [2.45, 2.75) is 0 Å². The lowest BCUT2D eigenvalue weighted by molar-refractivity contribution is -0.129. The fraction of sp³-hybridized carbons (Fsp3) is 0. The van der Waals surface area contributed by atoms with E-state index < -0.39 is 51.9 Å². The number of carbonyl (C=O) groups excluding carboxylic acids is 2. The van der Waals surface area contributed by atoms with Gasteiger partial charge in [-0.3, -0.25) is 4.79 Å². The summed E-state index contributed by atoms with van der Waals surface area (Å²) in [5.74, 6) is -8.65. The number of ether oxygens (including phenoxy) is 2. The summed E-state index contributed by atoms with van der Waals surface area (Å²) in [7, 11) is 0. The van der Waals surface area contributed by atoms with Gasteiger partial charge in [0.05, 0.1) is 0 Å². The quantitative estimate of drug-likeness (QED) is 0.275. The second kappa shape index (κ2) is 6.95. The summed E-state index contributed by atoms with van der Waals surface area (Å²) in [4.78, 5) is 21.2. The van der Waals surface area contributed by atoms with Gasteiger partial charge in [0.25, 0.3) is 6.47 Å². The van der Waals surface area contributed by atoms with Crippen LogP contribution >= 0.6 is 0 Å². The summed E-state index contributed by atoms with van der Waals surface area (Å²) in [5.41, 5.74) is -1.22. The third-order valence-electron chi connectivity index (χ3n) is 2.94. The Morgan fingerprint density at radius 1 is 0.875 bits per heavy atom. The maximum Gasteiger partial charge on any atom is 0.335 e. The monoisotopic (exact) mass is 340 g/mol. The standard InChI is InChI=1S/C16H8F4O4/c1-2-12(22)24-11-6-4-9(14(18)16(11)20)8-3-5-10(23-7-21)15(19)13(8)17/h2-7H,1H2. The van der Waals surface area contributed by atoms with Crippen molar-refractivity contribution in [2.24, 2.45) is 0 Å². The first-order chi connectivity index (χ1) is 11.4. The number of benzene rings is 2. The van der Waals surface area contributed by atoms with E-state index in [1.165, 1.54) is 0 Å². The Labute approximate surface area is 132 Å². The molecule has 4 nitrogen and oxygen atoms in total. The van der Waals surface area contributed by atoms with Gasteiger partial charge >= 0.3 is 5.97 Å². The third-order valence-corrected chi connectivity index (χ3v) is 2.94. The molecular weight excluding hydrogens is 332 g/mol. The van der Waals surface area contributed by atoms with E-state index in [9.17, 15) is 27.2 Å². The molecule has 0 atom stereocenters. The van der Waals surface area contributed by atoms with Crippen LogP contribution in [0.25, 0.3) is 11.1 Å². The summed E-state index contributed by atoms with van der Waals surface area (Å²) >= 11 is 0. The van der Waals surface area contributed by atoms with Gasteiger partial charge in [-0.2, -0.15) is 8.78 Å². The zero-order valence-corrected chi connectivity index (χ0v) is 11.8. The van der Waals surface area contributed by atoms with Crippen molar-refractivity contribution in [1.82, 2.24) is 0 Å². The first-order valence-electron chi connectivity index (χ1n) is 6.31. The first-order valence-corrected chi connectivity index (χ1v) is 6.31. The van der Waals surface area contributed by atoms with Gasteiger partial charge in [-0.15, -0.1) is 0 Å². The average Bonchev–Trinajstić information content (AvgIpc) is 2.57. The van der Waals surface area contributed by atoms with Gasteiger partial charge in [-0.05, 0) is 24.3 Å². The molecule has 8 heteroatoms. The molecule has 0 amide bonds. The molecule has 0 bridgehead atoms. The summed E-state index contributed by atoms with van der Waals surface area (Å²) in [6.45, 7) is 2.99. The van der Waals surface area contributed by atoms with E-state index >= 15 is 0 Å². The minimum absolute atomic E-state index is 0.111. The van der Waals surface area contributed by atoms with Crippen molar-refractivity contribution in [3.05, 3.63) is 60.2 Å². The van der Waals surface area contributed by atoms with E-state index in [4.69, 9.17) is 0 Å². The van der Waals surface area contributed by atoms with Crippen LogP contribution in [0.2, 0.25) is 0 Å². The first kappa shape index (κ1) is 17.2. The van der Waals surface area contributed by atoms with E-state index in [2.05, 4.69) is 16.1 Å². The molecule has 0 aromatic heterocycles. The van der Waals surface area contributed by atoms with Gasteiger partial charge in [-0.25, -0.2) is 13.6 Å². The fourth-order valence-corrected chi connectivity index (χ4v) is 1.85. The molecule has 0 aliphatic rings. The van der Waals surface area contributed by atoms with Crippen LogP contribution in [0.5, 0.6) is 11.5 Å².